The van der Waals surface area contributed by atoms with Crippen molar-refractivity contribution in [1.82, 2.24) is 19.8 Å². The molecule has 42 heavy (non-hydrogen) atoms. The van der Waals surface area contributed by atoms with Crippen LogP contribution in [-0.4, -0.2) is 84.8 Å². The molecular weight excluding hydrogens is 569 g/mol. The molecule has 3 aliphatic rings. The summed E-state index contributed by atoms with van der Waals surface area (Å²) >= 11 is 2.63. The van der Waals surface area contributed by atoms with Crippen molar-refractivity contribution in [2.24, 2.45) is 5.92 Å². The number of carbonyl (C=O) groups excluding carboxylic acids is 1. The Kier molecular flexibility index (Phi) is 9.05. The number of alkyl halides is 2. The first-order valence-electron chi connectivity index (χ1n) is 13.6. The number of thiol groups is 1. The van der Waals surface area contributed by atoms with E-state index in [1.807, 2.05) is 12.1 Å². The molecule has 0 spiro atoms. The van der Waals surface area contributed by atoms with Crippen molar-refractivity contribution in [3.63, 3.8) is 0 Å². The van der Waals surface area contributed by atoms with E-state index in [9.17, 15) is 13.6 Å². The highest BCUT2D eigenvalue weighted by Crippen LogP contribution is 2.52. The maximum atomic E-state index is 15.2. The summed E-state index contributed by atoms with van der Waals surface area (Å²) in [5, 5.41) is 13.9. The molecule has 6 rings (SSSR count). The first-order valence-corrected chi connectivity index (χ1v) is 14.1. The highest BCUT2D eigenvalue weighted by atomic mass is 32.1. The molecule has 9 nitrogen and oxygen atoms in total. The Morgan fingerprint density at radius 2 is 2.10 bits per heavy atom. The van der Waals surface area contributed by atoms with Gasteiger partial charge in [0.15, 0.2) is 11.5 Å². The van der Waals surface area contributed by atoms with Crippen molar-refractivity contribution >= 4 is 35.6 Å². The molecule has 224 valence electrons. The maximum Gasteiger partial charge on any atom is 0.281 e. The number of hydrogen-bond donors (Lipinski definition) is 4. The van der Waals surface area contributed by atoms with Crippen LogP contribution in [0.4, 0.5) is 24.7 Å². The number of aromatic nitrogens is 2. The van der Waals surface area contributed by atoms with Crippen LogP contribution < -0.4 is 20.7 Å². The van der Waals surface area contributed by atoms with Gasteiger partial charge in [0.05, 0.1) is 38.6 Å². The van der Waals surface area contributed by atoms with Crippen LogP contribution in [0.5, 0.6) is 5.75 Å². The standard InChI is InChI=1S/C28H31FN6O3.CH2F2S/c1-30-27(36)18-8-9-24(37-2)22(13-18)31-11-4-5-21-26(29)23-6-3-7-25(35(23)33-21)32-28-10-12-34(15-19(28)14-28)20-16-38-17-20;2-1(3)4/h3,6-9,13,19-20,31-32H,10-12,14-17H2,1-2H3,(H,30,36);1,4H. The zero-order valence-electron chi connectivity index (χ0n) is 23.3. The third-order valence-electron chi connectivity index (χ3n) is 7.91. The van der Waals surface area contributed by atoms with Crippen LogP contribution >= 0.6 is 12.6 Å². The fourth-order valence-corrected chi connectivity index (χ4v) is 5.49. The van der Waals surface area contributed by atoms with Gasteiger partial charge < -0.3 is 25.4 Å². The summed E-state index contributed by atoms with van der Waals surface area (Å²) in [4.78, 5) is 14.5. The minimum atomic E-state index is -2.47. The van der Waals surface area contributed by atoms with E-state index in [-0.39, 0.29) is 23.7 Å². The Labute approximate surface area is 247 Å². The molecular formula is C29H33F3N6O3S. The first-order chi connectivity index (χ1) is 20.2. The third kappa shape index (κ3) is 6.40. The number of ether oxygens (including phenoxy) is 2. The van der Waals surface area contributed by atoms with Crippen molar-refractivity contribution in [2.45, 2.75) is 30.2 Å². The number of fused-ring (bicyclic) bond motifs is 2. The van der Waals surface area contributed by atoms with E-state index in [1.54, 1.807) is 42.9 Å². The molecule has 13 heteroatoms. The summed E-state index contributed by atoms with van der Waals surface area (Å²) in [6, 6.07) is 11.2. The first kappa shape index (κ1) is 29.9. The molecule has 1 saturated carbocycles. The van der Waals surface area contributed by atoms with Gasteiger partial charge in [0.2, 0.25) is 0 Å². The molecule has 2 atom stereocenters. The molecule has 3 N–H and O–H groups in total. The lowest BCUT2D eigenvalue weighted by atomic mass is 10.0. The van der Waals surface area contributed by atoms with Crippen LogP contribution in [-0.2, 0) is 4.74 Å². The lowest BCUT2D eigenvalue weighted by Crippen LogP contribution is -2.53. The second-order valence-corrected chi connectivity index (χ2v) is 10.8. The van der Waals surface area contributed by atoms with Crippen LogP contribution in [0, 0.1) is 23.6 Å². The van der Waals surface area contributed by atoms with Crippen LogP contribution in [0.2, 0.25) is 0 Å². The van der Waals surface area contributed by atoms with Crippen molar-refractivity contribution in [3.8, 4) is 17.6 Å². The molecule has 1 aromatic carbocycles. The van der Waals surface area contributed by atoms with Crippen LogP contribution in [0.15, 0.2) is 36.4 Å². The number of amides is 1. The van der Waals surface area contributed by atoms with Gasteiger partial charge in [-0.15, -0.1) is 12.6 Å². The van der Waals surface area contributed by atoms with Crippen molar-refractivity contribution in [2.75, 3.05) is 57.6 Å². The molecule has 0 bridgehead atoms. The van der Waals surface area contributed by atoms with Crippen molar-refractivity contribution < 1.29 is 27.4 Å². The minimum absolute atomic E-state index is 0.0514. The normalized spacial score (nSPS) is 21.3. The number of nitrogens with zero attached hydrogens (tertiary/aromatic N) is 3. The summed E-state index contributed by atoms with van der Waals surface area (Å²) in [5.74, 6) is 4.63. The molecule has 2 aliphatic heterocycles. The maximum absolute atomic E-state index is 15.2. The summed E-state index contributed by atoms with van der Waals surface area (Å²) in [6.45, 7) is 4.02. The van der Waals surface area contributed by atoms with E-state index in [2.05, 4.69) is 50.4 Å². The summed E-state index contributed by atoms with van der Waals surface area (Å²) in [7, 11) is 3.13. The van der Waals surface area contributed by atoms with Gasteiger partial charge in [-0.25, -0.2) is 8.91 Å². The predicted octanol–water partition coefficient (Wildman–Crippen LogP) is 3.72. The fraction of sp³-hybridized carbons (Fsp3) is 0.448. The quantitative estimate of drug-likeness (QED) is 0.242. The number of rotatable bonds is 7. The minimum Gasteiger partial charge on any atom is -0.495 e. The largest absolute Gasteiger partial charge is 0.495 e. The van der Waals surface area contributed by atoms with Gasteiger partial charge in [-0.1, -0.05) is 12.0 Å². The number of anilines is 2. The highest BCUT2D eigenvalue weighted by Gasteiger charge is 2.57. The second kappa shape index (κ2) is 12.7. The number of benzene rings is 1. The van der Waals surface area contributed by atoms with Gasteiger partial charge in [0.1, 0.15) is 17.1 Å². The zero-order chi connectivity index (χ0) is 29.9. The number of carbonyl (C=O) groups is 1. The van der Waals surface area contributed by atoms with E-state index in [0.29, 0.717) is 34.5 Å². The lowest BCUT2D eigenvalue weighted by molar-refractivity contribution is -0.0714. The fourth-order valence-electron chi connectivity index (χ4n) is 5.49. The van der Waals surface area contributed by atoms with Gasteiger partial charge in [0.25, 0.3) is 11.7 Å². The Hall–Kier alpha value is -3.60. The monoisotopic (exact) mass is 602 g/mol. The smallest absolute Gasteiger partial charge is 0.281 e. The molecule has 0 radical (unpaired) electrons. The molecule has 2 unspecified atom stereocenters. The highest BCUT2D eigenvalue weighted by molar-refractivity contribution is 7.80. The number of methoxy groups -OCH3 is 1. The summed E-state index contributed by atoms with van der Waals surface area (Å²) in [5.41, 5.74) is 1.66. The van der Waals surface area contributed by atoms with Crippen LogP contribution in [0.3, 0.4) is 0 Å². The van der Waals surface area contributed by atoms with E-state index < -0.39 is 11.6 Å². The Bertz CT molecular complexity index is 1500. The average Bonchev–Trinajstić information content (AvgIpc) is 3.56. The summed E-state index contributed by atoms with van der Waals surface area (Å²) < 4.78 is 48.0. The SMILES string of the molecule is CNC(=O)c1ccc(OC)c(NCC#Cc2nn3c(NC45CCN(C6COC6)CC4C5)cccc3c2F)c1.FC(F)S. The Balaban J connectivity index is 0.000000830. The van der Waals surface area contributed by atoms with E-state index in [4.69, 9.17) is 9.47 Å². The van der Waals surface area contributed by atoms with Crippen molar-refractivity contribution in [3.05, 3.63) is 53.5 Å². The van der Waals surface area contributed by atoms with Crippen molar-refractivity contribution in [1.29, 1.82) is 0 Å². The van der Waals surface area contributed by atoms with E-state index in [1.165, 1.54) is 0 Å². The number of likely N-dealkylation sites (tertiary alicyclic amines) is 1. The lowest BCUT2D eigenvalue weighted by Gasteiger charge is -2.41. The number of pyridine rings is 1. The van der Waals surface area contributed by atoms with Gasteiger partial charge in [-0.2, -0.15) is 13.9 Å². The second-order valence-electron chi connectivity index (χ2n) is 10.4. The zero-order valence-corrected chi connectivity index (χ0v) is 24.2. The third-order valence-corrected chi connectivity index (χ3v) is 7.91. The molecule has 3 aromatic rings. The average molecular weight is 603 g/mol. The summed E-state index contributed by atoms with van der Waals surface area (Å²) in [6.07, 6.45) is 2.16. The Morgan fingerprint density at radius 3 is 2.76 bits per heavy atom. The molecule has 3 fully saturated rings. The molecule has 2 aromatic heterocycles. The number of piperidine rings is 1. The predicted molar refractivity (Wildman–Crippen MR) is 157 cm³/mol. The van der Waals surface area contributed by atoms with E-state index >= 15 is 4.39 Å². The molecule has 1 aliphatic carbocycles. The number of hydrogen-bond acceptors (Lipinski definition) is 8. The van der Waals surface area contributed by atoms with Gasteiger partial charge in [0, 0.05) is 31.2 Å². The topological polar surface area (TPSA) is 92.2 Å². The van der Waals surface area contributed by atoms with Gasteiger partial charge in [-0.05, 0) is 55.0 Å². The molecule has 1 amide bonds. The number of halogens is 3. The van der Waals surface area contributed by atoms with E-state index in [0.717, 1.165) is 45.0 Å². The van der Waals surface area contributed by atoms with Crippen LogP contribution in [0.1, 0.15) is 28.9 Å². The van der Waals surface area contributed by atoms with Gasteiger partial charge in [-0.3, -0.25) is 9.69 Å². The number of nitrogens with one attached hydrogen (secondary N) is 3. The van der Waals surface area contributed by atoms with Crippen LogP contribution in [0.25, 0.3) is 5.52 Å². The molecule has 4 heterocycles. The molecule has 2 saturated heterocycles. The Morgan fingerprint density at radius 1 is 1.31 bits per heavy atom. The van der Waals surface area contributed by atoms with Gasteiger partial charge >= 0.3 is 0 Å².